The molecule has 0 spiro atoms. The van der Waals surface area contributed by atoms with Gasteiger partial charge in [0, 0.05) is 43.1 Å². The summed E-state index contributed by atoms with van der Waals surface area (Å²) in [5.74, 6) is -0.0786. The van der Waals surface area contributed by atoms with Crippen LogP contribution < -0.4 is 10.9 Å². The monoisotopic (exact) mass is 369 g/mol. The summed E-state index contributed by atoms with van der Waals surface area (Å²) in [6.07, 6.45) is 1.34. The molecule has 144 valence electrons. The van der Waals surface area contributed by atoms with Gasteiger partial charge in [-0.05, 0) is 36.0 Å². The molecule has 6 nitrogen and oxygen atoms in total. The Morgan fingerprint density at radius 3 is 2.41 bits per heavy atom. The highest BCUT2D eigenvalue weighted by atomic mass is 16.2. The van der Waals surface area contributed by atoms with Gasteiger partial charge in [-0.3, -0.25) is 14.4 Å². The number of H-pyrrole nitrogens is 1. The number of nitrogens with one attached hydrogen (secondary N) is 2. The molecule has 6 heteroatoms. The van der Waals surface area contributed by atoms with Gasteiger partial charge < -0.3 is 15.2 Å². The predicted molar refractivity (Wildman–Crippen MR) is 107 cm³/mol. The zero-order valence-electron chi connectivity index (χ0n) is 16.4. The van der Waals surface area contributed by atoms with Crippen LogP contribution in [0.25, 0.3) is 10.9 Å². The molecular weight excluding hydrogens is 342 g/mol. The molecule has 2 amide bonds. The molecule has 0 bridgehead atoms. The Balaban J connectivity index is 1.79. The molecule has 1 saturated heterocycles. The largest absolute Gasteiger partial charge is 0.343 e. The molecule has 1 fully saturated rings. The van der Waals surface area contributed by atoms with E-state index in [4.69, 9.17) is 0 Å². The third kappa shape index (κ3) is 4.21. The summed E-state index contributed by atoms with van der Waals surface area (Å²) in [6, 6.07) is 7.27. The standard InChI is InChI=1S/C21H27N3O3/c1-13(25)24-9-7-14(8-10-24)20(27)22-15-5-6-16-17(21(2,3)4)12-19(26)23-18(16)11-15/h5-6,11-12,14H,7-10H2,1-4H3,(H,22,27)(H,23,26). The molecule has 2 N–H and O–H groups in total. The minimum absolute atomic E-state index is 0.0353. The van der Waals surface area contributed by atoms with E-state index < -0.39 is 0 Å². The van der Waals surface area contributed by atoms with Crippen molar-refractivity contribution in [2.75, 3.05) is 18.4 Å². The number of amides is 2. The lowest BCUT2D eigenvalue weighted by molar-refractivity contribution is -0.132. The number of benzene rings is 1. The number of anilines is 1. The molecule has 0 unspecified atom stereocenters. The quantitative estimate of drug-likeness (QED) is 0.854. The Hall–Kier alpha value is -2.63. The molecule has 1 aromatic heterocycles. The average molecular weight is 369 g/mol. The Kier molecular flexibility index (Phi) is 5.09. The summed E-state index contributed by atoms with van der Waals surface area (Å²) >= 11 is 0. The third-order valence-electron chi connectivity index (χ3n) is 5.23. The number of hydrogen-bond donors (Lipinski definition) is 2. The van der Waals surface area contributed by atoms with Crippen LogP contribution in [0.15, 0.2) is 29.1 Å². The van der Waals surface area contributed by atoms with Gasteiger partial charge in [-0.2, -0.15) is 0 Å². The van der Waals surface area contributed by atoms with Crippen molar-refractivity contribution in [2.24, 2.45) is 5.92 Å². The number of nitrogens with zero attached hydrogens (tertiary/aromatic N) is 1. The topological polar surface area (TPSA) is 82.3 Å². The molecule has 1 aromatic carbocycles. The van der Waals surface area contributed by atoms with E-state index in [1.807, 2.05) is 18.2 Å². The second-order valence-electron chi connectivity index (χ2n) is 8.33. The van der Waals surface area contributed by atoms with E-state index in [0.717, 1.165) is 16.5 Å². The molecule has 27 heavy (non-hydrogen) atoms. The predicted octanol–water partition coefficient (Wildman–Crippen LogP) is 3.02. The number of aromatic amines is 1. The van der Waals surface area contributed by atoms with E-state index in [-0.39, 0.29) is 28.7 Å². The maximum absolute atomic E-state index is 12.6. The molecule has 3 rings (SSSR count). The van der Waals surface area contributed by atoms with Crippen LogP contribution in [0.3, 0.4) is 0 Å². The lowest BCUT2D eigenvalue weighted by atomic mass is 9.85. The van der Waals surface area contributed by atoms with Gasteiger partial charge in [-0.15, -0.1) is 0 Å². The number of carbonyl (C=O) groups excluding carboxylic acids is 2. The minimum atomic E-state index is -0.151. The number of carbonyl (C=O) groups is 2. The number of fused-ring (bicyclic) bond motifs is 1. The SMILES string of the molecule is CC(=O)N1CCC(C(=O)Nc2ccc3c(C(C)(C)C)cc(=O)[nH]c3c2)CC1. The van der Waals surface area contributed by atoms with E-state index in [1.165, 1.54) is 0 Å². The van der Waals surface area contributed by atoms with Crippen LogP contribution in [0.1, 0.15) is 46.1 Å². The fourth-order valence-corrected chi connectivity index (χ4v) is 3.66. The molecule has 1 aliphatic rings. The van der Waals surface area contributed by atoms with Crippen molar-refractivity contribution < 1.29 is 9.59 Å². The van der Waals surface area contributed by atoms with Crippen molar-refractivity contribution in [1.82, 2.24) is 9.88 Å². The summed E-state index contributed by atoms with van der Waals surface area (Å²) < 4.78 is 0. The van der Waals surface area contributed by atoms with Crippen LogP contribution in [0, 0.1) is 5.92 Å². The maximum Gasteiger partial charge on any atom is 0.248 e. The van der Waals surface area contributed by atoms with Gasteiger partial charge in [-0.1, -0.05) is 26.8 Å². The first-order valence-corrected chi connectivity index (χ1v) is 9.39. The van der Waals surface area contributed by atoms with Crippen molar-refractivity contribution >= 4 is 28.4 Å². The van der Waals surface area contributed by atoms with Gasteiger partial charge in [0.1, 0.15) is 0 Å². The first-order chi connectivity index (χ1) is 12.6. The first kappa shape index (κ1) is 19.1. The van der Waals surface area contributed by atoms with Gasteiger partial charge in [0.15, 0.2) is 0 Å². The minimum Gasteiger partial charge on any atom is -0.343 e. The molecule has 2 heterocycles. The average Bonchev–Trinajstić information content (AvgIpc) is 2.60. The number of aromatic nitrogens is 1. The zero-order valence-corrected chi connectivity index (χ0v) is 16.4. The number of hydrogen-bond acceptors (Lipinski definition) is 3. The Morgan fingerprint density at radius 2 is 1.81 bits per heavy atom. The van der Waals surface area contributed by atoms with E-state index in [2.05, 4.69) is 31.1 Å². The normalized spacial score (nSPS) is 15.8. The van der Waals surface area contributed by atoms with Crippen molar-refractivity contribution in [3.8, 4) is 0 Å². The molecule has 0 saturated carbocycles. The molecular formula is C21H27N3O3. The van der Waals surface area contributed by atoms with E-state index in [1.54, 1.807) is 17.9 Å². The lowest BCUT2D eigenvalue weighted by Crippen LogP contribution is -2.40. The maximum atomic E-state index is 12.6. The van der Waals surface area contributed by atoms with Gasteiger partial charge in [0.05, 0.1) is 5.52 Å². The van der Waals surface area contributed by atoms with Crippen molar-refractivity contribution in [3.05, 3.63) is 40.2 Å². The van der Waals surface area contributed by atoms with Gasteiger partial charge in [0.25, 0.3) is 0 Å². The van der Waals surface area contributed by atoms with E-state index >= 15 is 0 Å². The van der Waals surface area contributed by atoms with Gasteiger partial charge in [-0.25, -0.2) is 0 Å². The molecule has 0 radical (unpaired) electrons. The smallest absolute Gasteiger partial charge is 0.248 e. The first-order valence-electron chi connectivity index (χ1n) is 9.39. The van der Waals surface area contributed by atoms with Crippen LogP contribution in [-0.2, 0) is 15.0 Å². The molecule has 0 atom stereocenters. The second kappa shape index (κ2) is 7.18. The number of piperidine rings is 1. The van der Waals surface area contributed by atoms with Crippen LogP contribution in [0.2, 0.25) is 0 Å². The highest BCUT2D eigenvalue weighted by molar-refractivity contribution is 5.95. The van der Waals surface area contributed by atoms with Crippen LogP contribution in [-0.4, -0.2) is 34.8 Å². The number of likely N-dealkylation sites (tertiary alicyclic amines) is 1. The van der Waals surface area contributed by atoms with Gasteiger partial charge in [0.2, 0.25) is 17.4 Å². The lowest BCUT2D eigenvalue weighted by Gasteiger charge is -2.30. The summed E-state index contributed by atoms with van der Waals surface area (Å²) in [7, 11) is 0. The second-order valence-corrected chi connectivity index (χ2v) is 8.33. The van der Waals surface area contributed by atoms with E-state index in [0.29, 0.717) is 31.6 Å². The molecule has 0 aliphatic carbocycles. The van der Waals surface area contributed by atoms with Crippen molar-refractivity contribution in [3.63, 3.8) is 0 Å². The van der Waals surface area contributed by atoms with Crippen LogP contribution in [0.4, 0.5) is 5.69 Å². The number of pyridine rings is 1. The molecule has 1 aliphatic heterocycles. The Labute approximate surface area is 159 Å². The fraction of sp³-hybridized carbons (Fsp3) is 0.476. The summed E-state index contributed by atoms with van der Waals surface area (Å²) in [4.78, 5) is 40.7. The number of rotatable bonds is 2. The zero-order chi connectivity index (χ0) is 19.8. The highest BCUT2D eigenvalue weighted by Crippen LogP contribution is 2.29. The highest BCUT2D eigenvalue weighted by Gasteiger charge is 2.26. The summed E-state index contributed by atoms with van der Waals surface area (Å²) in [5.41, 5.74) is 2.07. The summed E-state index contributed by atoms with van der Waals surface area (Å²) in [5, 5.41) is 3.94. The third-order valence-corrected chi connectivity index (χ3v) is 5.23. The van der Waals surface area contributed by atoms with Crippen LogP contribution in [0.5, 0.6) is 0 Å². The van der Waals surface area contributed by atoms with Crippen LogP contribution >= 0.6 is 0 Å². The molecule has 2 aromatic rings. The van der Waals surface area contributed by atoms with Gasteiger partial charge >= 0.3 is 0 Å². The van der Waals surface area contributed by atoms with E-state index in [9.17, 15) is 14.4 Å². The Morgan fingerprint density at radius 1 is 1.15 bits per heavy atom. The van der Waals surface area contributed by atoms with Crippen molar-refractivity contribution in [1.29, 1.82) is 0 Å². The van der Waals surface area contributed by atoms with Crippen molar-refractivity contribution in [2.45, 2.75) is 46.0 Å². The summed E-state index contributed by atoms with van der Waals surface area (Å²) in [6.45, 7) is 9.02. The fourth-order valence-electron chi connectivity index (χ4n) is 3.66. The Bertz CT molecular complexity index is 932.